The van der Waals surface area contributed by atoms with Crippen LogP contribution >= 0.6 is 0 Å². The van der Waals surface area contributed by atoms with Gasteiger partial charge in [-0.15, -0.1) is 0 Å². The van der Waals surface area contributed by atoms with Crippen LogP contribution in [0.2, 0.25) is 0 Å². The Morgan fingerprint density at radius 3 is 2.54 bits per heavy atom. The molecular formula is C21H28FN5O. The van der Waals surface area contributed by atoms with Crippen LogP contribution in [0.5, 0.6) is 0 Å². The Morgan fingerprint density at radius 1 is 1.14 bits per heavy atom. The molecule has 0 saturated carbocycles. The third kappa shape index (κ3) is 3.82. The summed E-state index contributed by atoms with van der Waals surface area (Å²) in [6, 6.07) is 5.56. The molecule has 2 aliphatic rings. The maximum Gasteiger partial charge on any atom is 0.239 e. The number of hydrogen-bond acceptors (Lipinski definition) is 4. The number of piperazine rings is 1. The van der Waals surface area contributed by atoms with Gasteiger partial charge in [0.25, 0.3) is 0 Å². The Bertz CT molecular complexity index is 839. The highest BCUT2D eigenvalue weighted by Crippen LogP contribution is 2.25. The number of carbonyl (C=O) groups is 1. The second-order valence-corrected chi connectivity index (χ2v) is 7.84. The van der Waals surface area contributed by atoms with Gasteiger partial charge in [0.2, 0.25) is 5.91 Å². The Kier molecular flexibility index (Phi) is 5.46. The normalized spacial score (nSPS) is 19.4. The molecule has 0 unspecified atom stereocenters. The molecule has 28 heavy (non-hydrogen) atoms. The Hall–Kier alpha value is -2.25. The van der Waals surface area contributed by atoms with Gasteiger partial charge in [0.05, 0.1) is 11.4 Å². The summed E-state index contributed by atoms with van der Waals surface area (Å²) < 4.78 is 15.6. The minimum atomic E-state index is -0.507. The van der Waals surface area contributed by atoms with Crippen molar-refractivity contribution in [2.75, 3.05) is 26.2 Å². The summed E-state index contributed by atoms with van der Waals surface area (Å²) in [6.07, 6.45) is 3.53. The van der Waals surface area contributed by atoms with Crippen molar-refractivity contribution in [3.8, 4) is 0 Å². The van der Waals surface area contributed by atoms with Gasteiger partial charge < -0.3 is 10.3 Å². The van der Waals surface area contributed by atoms with Crippen LogP contribution in [0.3, 0.4) is 0 Å². The zero-order valence-electron chi connectivity index (χ0n) is 16.4. The predicted octanol–water partition coefficient (Wildman–Crippen LogP) is 2.01. The van der Waals surface area contributed by atoms with Gasteiger partial charge in [-0.2, -0.15) is 0 Å². The van der Waals surface area contributed by atoms with E-state index in [1.54, 1.807) is 12.1 Å². The van der Waals surface area contributed by atoms with E-state index in [-0.39, 0.29) is 11.7 Å². The second-order valence-electron chi connectivity index (χ2n) is 7.84. The Labute approximate surface area is 165 Å². The molecule has 2 N–H and O–H groups in total. The van der Waals surface area contributed by atoms with Crippen LogP contribution in [0.1, 0.15) is 41.7 Å². The van der Waals surface area contributed by atoms with E-state index in [9.17, 15) is 9.18 Å². The molecule has 2 aromatic rings. The van der Waals surface area contributed by atoms with Crippen LogP contribution in [-0.2, 0) is 24.3 Å². The molecule has 4 rings (SSSR count). The van der Waals surface area contributed by atoms with Crippen molar-refractivity contribution in [3.63, 3.8) is 0 Å². The molecule has 0 bridgehead atoms. The van der Waals surface area contributed by atoms with Gasteiger partial charge in [0, 0.05) is 45.7 Å². The standard InChI is InChI=1S/C21H28FN5O/c1-15-18(27-9-3-2-4-19(27)24-15)14-25-10-12-26(13-11-25)20(21(23)28)16-5-7-17(22)8-6-16/h5-8,20H,2-4,9-14H2,1H3,(H2,23,28)/t20-/m1/s1. The number of nitrogens with two attached hydrogens (primary N) is 1. The lowest BCUT2D eigenvalue weighted by atomic mass is 10.0. The first kappa shape index (κ1) is 19.1. The number of hydrogen-bond donors (Lipinski definition) is 1. The second kappa shape index (κ2) is 8.01. The third-order valence-corrected chi connectivity index (χ3v) is 5.98. The van der Waals surface area contributed by atoms with Crippen LogP contribution in [0.4, 0.5) is 4.39 Å². The largest absolute Gasteiger partial charge is 0.368 e. The molecule has 1 aromatic carbocycles. The summed E-state index contributed by atoms with van der Waals surface area (Å²) in [7, 11) is 0. The number of fused-ring (bicyclic) bond motifs is 1. The van der Waals surface area contributed by atoms with Gasteiger partial charge >= 0.3 is 0 Å². The fraction of sp³-hybridized carbons (Fsp3) is 0.524. The van der Waals surface area contributed by atoms with E-state index < -0.39 is 6.04 Å². The van der Waals surface area contributed by atoms with Crippen LogP contribution < -0.4 is 5.73 Å². The summed E-state index contributed by atoms with van der Waals surface area (Å²) in [4.78, 5) is 21.4. The van der Waals surface area contributed by atoms with Crippen LogP contribution in [0.15, 0.2) is 24.3 Å². The third-order valence-electron chi connectivity index (χ3n) is 5.98. The van der Waals surface area contributed by atoms with E-state index in [1.165, 1.54) is 36.5 Å². The quantitative estimate of drug-likeness (QED) is 0.855. The van der Waals surface area contributed by atoms with Gasteiger partial charge in [0.1, 0.15) is 17.7 Å². The molecule has 150 valence electrons. The first-order valence-electron chi connectivity index (χ1n) is 10.1. The molecule has 1 fully saturated rings. The summed E-state index contributed by atoms with van der Waals surface area (Å²) >= 11 is 0. The number of amides is 1. The van der Waals surface area contributed by atoms with E-state index in [0.717, 1.165) is 56.9 Å². The lowest BCUT2D eigenvalue weighted by Crippen LogP contribution is -2.50. The number of halogens is 1. The van der Waals surface area contributed by atoms with Crippen molar-refractivity contribution >= 4 is 5.91 Å². The lowest BCUT2D eigenvalue weighted by molar-refractivity contribution is -0.124. The zero-order chi connectivity index (χ0) is 19.7. The summed E-state index contributed by atoms with van der Waals surface area (Å²) in [6.45, 7) is 7.31. The van der Waals surface area contributed by atoms with Crippen molar-refractivity contribution in [1.29, 1.82) is 0 Å². The maximum absolute atomic E-state index is 13.2. The minimum Gasteiger partial charge on any atom is -0.368 e. The molecule has 0 spiro atoms. The smallest absolute Gasteiger partial charge is 0.239 e. The molecule has 1 saturated heterocycles. The van der Waals surface area contributed by atoms with Gasteiger partial charge in [-0.05, 0) is 37.5 Å². The van der Waals surface area contributed by atoms with Crippen molar-refractivity contribution in [1.82, 2.24) is 19.4 Å². The van der Waals surface area contributed by atoms with E-state index in [1.807, 2.05) is 0 Å². The van der Waals surface area contributed by atoms with Crippen LogP contribution in [0, 0.1) is 12.7 Å². The molecule has 3 heterocycles. The molecule has 7 heteroatoms. The highest BCUT2D eigenvalue weighted by atomic mass is 19.1. The molecule has 0 aliphatic carbocycles. The number of carbonyl (C=O) groups excluding carboxylic acids is 1. The van der Waals surface area contributed by atoms with Gasteiger partial charge in [-0.25, -0.2) is 9.37 Å². The molecule has 2 aliphatic heterocycles. The van der Waals surface area contributed by atoms with Gasteiger partial charge in [-0.1, -0.05) is 12.1 Å². The van der Waals surface area contributed by atoms with Gasteiger partial charge in [0.15, 0.2) is 0 Å². The van der Waals surface area contributed by atoms with Crippen LogP contribution in [0.25, 0.3) is 0 Å². The molecular weight excluding hydrogens is 357 g/mol. The average Bonchev–Trinajstić information content (AvgIpc) is 3.00. The fourth-order valence-corrected chi connectivity index (χ4v) is 4.47. The SMILES string of the molecule is Cc1nc2n(c1CN1CCN([C@@H](C(N)=O)c3ccc(F)cc3)CC1)CCCC2. The van der Waals surface area contributed by atoms with Crippen LogP contribution in [-0.4, -0.2) is 51.4 Å². The first-order valence-corrected chi connectivity index (χ1v) is 10.1. The summed E-state index contributed by atoms with van der Waals surface area (Å²) in [5, 5.41) is 0. The molecule has 1 amide bonds. The van der Waals surface area contributed by atoms with E-state index >= 15 is 0 Å². The maximum atomic E-state index is 13.2. The number of primary amides is 1. The molecule has 1 atom stereocenters. The monoisotopic (exact) mass is 385 g/mol. The Balaban J connectivity index is 1.42. The Morgan fingerprint density at radius 2 is 1.86 bits per heavy atom. The molecule has 6 nitrogen and oxygen atoms in total. The minimum absolute atomic E-state index is 0.309. The lowest BCUT2D eigenvalue weighted by Gasteiger charge is -2.38. The number of benzene rings is 1. The number of aryl methyl sites for hydroxylation is 2. The fourth-order valence-electron chi connectivity index (χ4n) is 4.47. The summed E-state index contributed by atoms with van der Waals surface area (Å²) in [5.41, 5.74) is 8.90. The highest BCUT2D eigenvalue weighted by molar-refractivity contribution is 5.81. The van der Waals surface area contributed by atoms with Gasteiger partial charge in [-0.3, -0.25) is 14.6 Å². The zero-order valence-corrected chi connectivity index (χ0v) is 16.4. The molecule has 0 radical (unpaired) electrons. The van der Waals surface area contributed by atoms with E-state index in [4.69, 9.17) is 10.7 Å². The highest BCUT2D eigenvalue weighted by Gasteiger charge is 2.30. The van der Waals surface area contributed by atoms with E-state index in [2.05, 4.69) is 21.3 Å². The topological polar surface area (TPSA) is 67.4 Å². The first-order chi connectivity index (χ1) is 13.5. The number of rotatable bonds is 5. The van der Waals surface area contributed by atoms with Crippen molar-refractivity contribution in [2.45, 2.75) is 45.3 Å². The number of imidazole rings is 1. The predicted molar refractivity (Wildman–Crippen MR) is 105 cm³/mol. The van der Waals surface area contributed by atoms with Crippen molar-refractivity contribution < 1.29 is 9.18 Å². The van der Waals surface area contributed by atoms with Crippen molar-refractivity contribution in [3.05, 3.63) is 52.9 Å². The number of nitrogens with zero attached hydrogens (tertiary/aromatic N) is 4. The summed E-state index contributed by atoms with van der Waals surface area (Å²) in [5.74, 6) is 0.527. The molecule has 1 aromatic heterocycles. The van der Waals surface area contributed by atoms with E-state index in [0.29, 0.717) is 0 Å². The number of aromatic nitrogens is 2. The average molecular weight is 385 g/mol. The van der Waals surface area contributed by atoms with Crippen molar-refractivity contribution in [2.24, 2.45) is 5.73 Å².